The van der Waals surface area contributed by atoms with Crippen LogP contribution in [0.5, 0.6) is 0 Å². The minimum atomic E-state index is -1.37. The Kier molecular flexibility index (Phi) is 3.07. The normalized spacial score (nSPS) is 12.4. The van der Waals surface area contributed by atoms with Crippen LogP contribution in [-0.2, 0) is 4.74 Å². The zero-order chi connectivity index (χ0) is 8.97. The maximum Gasteiger partial charge on any atom is 0.506 e. The molecule has 2 N–H and O–H groups in total. The van der Waals surface area contributed by atoms with Gasteiger partial charge in [-0.1, -0.05) is 6.07 Å². The highest BCUT2D eigenvalue weighted by Gasteiger charge is 2.15. The van der Waals surface area contributed by atoms with Crippen molar-refractivity contribution < 1.29 is 19.7 Å². The number of ether oxygens (including phenoxy) is 1. The fourth-order valence-corrected chi connectivity index (χ4v) is 1.53. The monoisotopic (exact) mass is 188 g/mol. The van der Waals surface area contributed by atoms with Crippen LogP contribution in [0, 0.1) is 0 Å². The van der Waals surface area contributed by atoms with Gasteiger partial charge in [-0.2, -0.15) is 0 Å². The maximum absolute atomic E-state index is 10.1. The lowest BCUT2D eigenvalue weighted by Gasteiger charge is -2.10. The summed E-state index contributed by atoms with van der Waals surface area (Å²) in [5, 5.41) is 18.8. The van der Waals surface area contributed by atoms with Gasteiger partial charge >= 0.3 is 6.16 Å². The van der Waals surface area contributed by atoms with Crippen LogP contribution in [0.15, 0.2) is 17.5 Å². The Labute approximate surface area is 73.0 Å². The Hall–Kier alpha value is -1.07. The molecule has 1 unspecified atom stereocenters. The fourth-order valence-electron chi connectivity index (χ4n) is 0.781. The summed E-state index contributed by atoms with van der Waals surface area (Å²) in [6.07, 6.45) is -2.12. The van der Waals surface area contributed by atoms with Gasteiger partial charge in [0.25, 0.3) is 0 Å². The van der Waals surface area contributed by atoms with Crippen LogP contribution in [0.25, 0.3) is 0 Å². The van der Waals surface area contributed by atoms with Crippen LogP contribution in [0.3, 0.4) is 0 Å². The first-order valence-electron chi connectivity index (χ1n) is 3.28. The topological polar surface area (TPSA) is 66.8 Å². The van der Waals surface area contributed by atoms with Gasteiger partial charge in [0.1, 0.15) is 0 Å². The minimum absolute atomic E-state index is 0.327. The largest absolute Gasteiger partial charge is 0.506 e. The molecule has 0 amide bonds. The van der Waals surface area contributed by atoms with Crippen molar-refractivity contribution in [1.29, 1.82) is 0 Å². The quantitative estimate of drug-likeness (QED) is 0.705. The van der Waals surface area contributed by atoms with Gasteiger partial charge in [0.15, 0.2) is 6.10 Å². The molecule has 66 valence electrons. The van der Waals surface area contributed by atoms with Crippen LogP contribution in [0.2, 0.25) is 0 Å². The second-order valence-corrected chi connectivity index (χ2v) is 3.05. The fraction of sp³-hybridized carbons (Fsp3) is 0.286. The zero-order valence-corrected chi connectivity index (χ0v) is 6.95. The second-order valence-electron chi connectivity index (χ2n) is 2.07. The predicted molar refractivity (Wildman–Crippen MR) is 43.3 cm³/mol. The third-order valence-corrected chi connectivity index (χ3v) is 2.23. The molecule has 1 rings (SSSR count). The Morgan fingerprint density at radius 2 is 2.50 bits per heavy atom. The van der Waals surface area contributed by atoms with E-state index < -0.39 is 12.3 Å². The molecule has 0 radical (unpaired) electrons. The van der Waals surface area contributed by atoms with Crippen molar-refractivity contribution in [3.05, 3.63) is 22.4 Å². The zero-order valence-electron chi connectivity index (χ0n) is 6.14. The summed E-state index contributed by atoms with van der Waals surface area (Å²) in [5.74, 6) is 0. The van der Waals surface area contributed by atoms with E-state index in [1.54, 1.807) is 17.5 Å². The van der Waals surface area contributed by atoms with Crippen molar-refractivity contribution in [3.63, 3.8) is 0 Å². The molecule has 0 bridgehead atoms. The molecule has 1 aromatic rings. The average molecular weight is 188 g/mol. The number of carboxylic acid groups (broad SMARTS) is 1. The molecule has 0 aliphatic rings. The van der Waals surface area contributed by atoms with E-state index in [9.17, 15) is 4.79 Å². The lowest BCUT2D eigenvalue weighted by atomic mass is 10.3. The van der Waals surface area contributed by atoms with E-state index in [-0.39, 0.29) is 6.61 Å². The van der Waals surface area contributed by atoms with E-state index in [0.29, 0.717) is 4.88 Å². The summed E-state index contributed by atoms with van der Waals surface area (Å²) in [6, 6.07) is 3.49. The Bertz CT molecular complexity index is 244. The summed E-state index contributed by atoms with van der Waals surface area (Å²) in [5.41, 5.74) is 0. The Morgan fingerprint density at radius 3 is 2.92 bits per heavy atom. The Morgan fingerprint density at radius 1 is 1.75 bits per heavy atom. The summed E-state index contributed by atoms with van der Waals surface area (Å²) in [7, 11) is 0. The predicted octanol–water partition coefficient (Wildman–Crippen LogP) is 1.48. The van der Waals surface area contributed by atoms with Gasteiger partial charge in [-0.3, -0.25) is 0 Å². The van der Waals surface area contributed by atoms with Crippen LogP contribution in [-0.4, -0.2) is 23.0 Å². The number of rotatable bonds is 3. The first kappa shape index (κ1) is 9.02. The summed E-state index contributed by atoms with van der Waals surface area (Å²) in [4.78, 5) is 10.8. The highest BCUT2D eigenvalue weighted by molar-refractivity contribution is 7.10. The van der Waals surface area contributed by atoms with Crippen molar-refractivity contribution in [2.75, 3.05) is 6.61 Å². The van der Waals surface area contributed by atoms with Crippen LogP contribution in [0.4, 0.5) is 4.79 Å². The van der Waals surface area contributed by atoms with Gasteiger partial charge in [0, 0.05) is 4.88 Å². The minimum Gasteiger partial charge on any atom is -0.450 e. The molecule has 5 heteroatoms. The highest BCUT2D eigenvalue weighted by atomic mass is 32.1. The molecule has 0 aliphatic carbocycles. The molecule has 0 aliphatic heterocycles. The molecule has 0 aromatic carbocycles. The molecule has 0 saturated heterocycles. The number of hydrogen-bond donors (Lipinski definition) is 2. The summed E-state index contributed by atoms with van der Waals surface area (Å²) in [6.45, 7) is -0.327. The maximum atomic E-state index is 10.1. The molecule has 0 fully saturated rings. The number of carbonyl (C=O) groups is 1. The number of aliphatic hydroxyl groups excluding tert-OH is 1. The first-order chi connectivity index (χ1) is 5.74. The standard InChI is InChI=1S/C7H8O4S/c8-4-5(11-7(9)10)6-2-1-3-12-6/h1-3,5,8H,4H2,(H,9,10). The van der Waals surface area contributed by atoms with Crippen molar-refractivity contribution in [2.24, 2.45) is 0 Å². The first-order valence-corrected chi connectivity index (χ1v) is 4.16. The smallest absolute Gasteiger partial charge is 0.450 e. The van der Waals surface area contributed by atoms with E-state index >= 15 is 0 Å². The molecule has 0 spiro atoms. The second kappa shape index (κ2) is 4.08. The van der Waals surface area contributed by atoms with E-state index in [1.807, 2.05) is 0 Å². The van der Waals surface area contributed by atoms with Crippen molar-refractivity contribution in [3.8, 4) is 0 Å². The van der Waals surface area contributed by atoms with Crippen LogP contribution in [0.1, 0.15) is 11.0 Å². The lowest BCUT2D eigenvalue weighted by molar-refractivity contribution is 0.0248. The van der Waals surface area contributed by atoms with Crippen molar-refractivity contribution >= 4 is 17.5 Å². The molecule has 4 nitrogen and oxygen atoms in total. The molecular weight excluding hydrogens is 180 g/mol. The van der Waals surface area contributed by atoms with Crippen molar-refractivity contribution in [1.82, 2.24) is 0 Å². The molecule has 12 heavy (non-hydrogen) atoms. The van der Waals surface area contributed by atoms with Gasteiger partial charge < -0.3 is 14.9 Å². The summed E-state index contributed by atoms with van der Waals surface area (Å²) >= 11 is 1.35. The number of thiophene rings is 1. The van der Waals surface area contributed by atoms with E-state index in [2.05, 4.69) is 4.74 Å². The molecular formula is C7H8O4S. The van der Waals surface area contributed by atoms with Gasteiger partial charge in [-0.25, -0.2) is 4.79 Å². The third-order valence-electron chi connectivity index (χ3n) is 1.27. The van der Waals surface area contributed by atoms with Crippen molar-refractivity contribution in [2.45, 2.75) is 6.10 Å². The van der Waals surface area contributed by atoms with Gasteiger partial charge in [-0.05, 0) is 11.4 Å². The van der Waals surface area contributed by atoms with E-state index in [1.165, 1.54) is 11.3 Å². The Balaban J connectivity index is 2.63. The molecule has 0 saturated carbocycles. The van der Waals surface area contributed by atoms with E-state index in [4.69, 9.17) is 10.2 Å². The van der Waals surface area contributed by atoms with Crippen LogP contribution < -0.4 is 0 Å². The number of aliphatic hydroxyl groups is 1. The molecule has 1 atom stereocenters. The lowest BCUT2D eigenvalue weighted by Crippen LogP contribution is -2.11. The average Bonchev–Trinajstić information content (AvgIpc) is 2.51. The van der Waals surface area contributed by atoms with Gasteiger partial charge in [-0.15, -0.1) is 11.3 Å². The number of hydrogen-bond acceptors (Lipinski definition) is 4. The summed E-state index contributed by atoms with van der Waals surface area (Å²) < 4.78 is 4.42. The molecule has 1 heterocycles. The SMILES string of the molecule is O=C(O)OC(CO)c1cccs1. The van der Waals surface area contributed by atoms with Gasteiger partial charge in [0.05, 0.1) is 6.61 Å². The van der Waals surface area contributed by atoms with Crippen LogP contribution >= 0.6 is 11.3 Å². The highest BCUT2D eigenvalue weighted by Crippen LogP contribution is 2.21. The third kappa shape index (κ3) is 2.21. The molecule has 1 aromatic heterocycles. The van der Waals surface area contributed by atoms with E-state index in [0.717, 1.165) is 0 Å². The van der Waals surface area contributed by atoms with Gasteiger partial charge in [0.2, 0.25) is 0 Å².